The molecule has 0 aliphatic carbocycles. The van der Waals surface area contributed by atoms with Crippen LogP contribution in [0.1, 0.15) is 38.3 Å². The molecule has 140 valence electrons. The van der Waals surface area contributed by atoms with E-state index in [4.69, 9.17) is 9.47 Å². The lowest BCUT2D eigenvalue weighted by atomic mass is 10.1. The largest absolute Gasteiger partial charge is 0.487 e. The molecule has 26 heavy (non-hydrogen) atoms. The first-order valence-electron chi connectivity index (χ1n) is 9.15. The van der Waals surface area contributed by atoms with Crippen molar-refractivity contribution in [1.29, 1.82) is 0 Å². The number of anilines is 1. The predicted molar refractivity (Wildman–Crippen MR) is 105 cm³/mol. The fraction of sp³-hybridized carbons (Fsp3) is 0.409. The van der Waals surface area contributed by atoms with Gasteiger partial charge in [0, 0.05) is 6.61 Å². The van der Waals surface area contributed by atoms with Crippen molar-refractivity contribution in [2.45, 2.75) is 46.8 Å². The van der Waals surface area contributed by atoms with Crippen LogP contribution in [0.3, 0.4) is 0 Å². The molecule has 0 aliphatic rings. The molecule has 1 unspecified atom stereocenters. The number of benzene rings is 2. The van der Waals surface area contributed by atoms with Crippen LogP contribution in [-0.2, 0) is 16.1 Å². The second kappa shape index (κ2) is 9.97. The molecule has 4 heteroatoms. The lowest BCUT2D eigenvalue weighted by Gasteiger charge is -2.17. The van der Waals surface area contributed by atoms with Crippen LogP contribution in [0.4, 0.5) is 5.69 Å². The Labute approximate surface area is 156 Å². The van der Waals surface area contributed by atoms with Gasteiger partial charge in [-0.2, -0.15) is 0 Å². The van der Waals surface area contributed by atoms with Gasteiger partial charge in [0.05, 0.1) is 5.69 Å². The van der Waals surface area contributed by atoms with Crippen LogP contribution in [0.5, 0.6) is 5.75 Å². The molecule has 1 amide bonds. The zero-order valence-electron chi connectivity index (χ0n) is 16.1. The van der Waals surface area contributed by atoms with Crippen molar-refractivity contribution in [3.8, 4) is 5.75 Å². The molecule has 2 aromatic carbocycles. The highest BCUT2D eigenvalue weighted by atomic mass is 16.5. The zero-order chi connectivity index (χ0) is 18.9. The maximum absolute atomic E-state index is 12.4. The van der Waals surface area contributed by atoms with E-state index in [1.165, 1.54) is 0 Å². The Morgan fingerprint density at radius 2 is 1.81 bits per heavy atom. The minimum atomic E-state index is -0.503. The lowest BCUT2D eigenvalue weighted by Crippen LogP contribution is -2.28. The lowest BCUT2D eigenvalue weighted by molar-refractivity contribution is -0.126. The van der Waals surface area contributed by atoms with Crippen molar-refractivity contribution in [2.24, 2.45) is 5.92 Å². The zero-order valence-corrected chi connectivity index (χ0v) is 16.1. The normalized spacial score (nSPS) is 12.0. The van der Waals surface area contributed by atoms with E-state index in [1.54, 1.807) is 6.92 Å². The number of hydrogen-bond acceptors (Lipinski definition) is 3. The molecule has 2 rings (SSSR count). The average molecular weight is 355 g/mol. The van der Waals surface area contributed by atoms with E-state index in [9.17, 15) is 4.79 Å². The molecule has 2 aromatic rings. The standard InChI is InChI=1S/C22H29NO3/c1-16(2)12-13-25-18(4)22(24)23-20-11-10-17(3)14-21(20)26-15-19-8-6-5-7-9-19/h5-11,14,16,18H,12-13,15H2,1-4H3,(H,23,24). The predicted octanol–water partition coefficient (Wildman–Crippen LogP) is 4.96. The van der Waals surface area contributed by atoms with Gasteiger partial charge in [-0.25, -0.2) is 0 Å². The van der Waals surface area contributed by atoms with Gasteiger partial charge in [-0.3, -0.25) is 4.79 Å². The number of nitrogens with one attached hydrogen (secondary N) is 1. The molecule has 0 spiro atoms. The third-order valence-corrected chi connectivity index (χ3v) is 4.06. The Morgan fingerprint density at radius 1 is 1.08 bits per heavy atom. The summed E-state index contributed by atoms with van der Waals surface area (Å²) < 4.78 is 11.6. The Bertz CT molecular complexity index is 698. The molecule has 0 saturated carbocycles. The molecule has 0 aliphatic heterocycles. The van der Waals surface area contributed by atoms with Crippen LogP contribution >= 0.6 is 0 Å². The van der Waals surface area contributed by atoms with E-state index in [1.807, 2.05) is 55.5 Å². The molecule has 0 fully saturated rings. The number of amides is 1. The molecule has 0 bridgehead atoms. The molecule has 4 nitrogen and oxygen atoms in total. The van der Waals surface area contributed by atoms with Crippen LogP contribution in [0.25, 0.3) is 0 Å². The summed E-state index contributed by atoms with van der Waals surface area (Å²) in [6.07, 6.45) is 0.435. The van der Waals surface area contributed by atoms with Gasteiger partial charge < -0.3 is 14.8 Å². The average Bonchev–Trinajstić information content (AvgIpc) is 2.62. The second-order valence-corrected chi connectivity index (χ2v) is 6.96. The van der Waals surface area contributed by atoms with E-state index in [2.05, 4.69) is 19.2 Å². The number of carbonyl (C=O) groups excluding carboxylic acids is 1. The first-order valence-corrected chi connectivity index (χ1v) is 9.15. The fourth-order valence-corrected chi connectivity index (χ4v) is 2.38. The highest BCUT2D eigenvalue weighted by Crippen LogP contribution is 2.27. The molecular weight excluding hydrogens is 326 g/mol. The van der Waals surface area contributed by atoms with Gasteiger partial charge in [-0.1, -0.05) is 50.2 Å². The van der Waals surface area contributed by atoms with Crippen LogP contribution < -0.4 is 10.1 Å². The number of aryl methyl sites for hydroxylation is 1. The van der Waals surface area contributed by atoms with E-state index >= 15 is 0 Å². The quantitative estimate of drug-likeness (QED) is 0.691. The monoisotopic (exact) mass is 355 g/mol. The molecule has 0 saturated heterocycles. The maximum atomic E-state index is 12.4. The van der Waals surface area contributed by atoms with Crippen molar-refractivity contribution < 1.29 is 14.3 Å². The van der Waals surface area contributed by atoms with E-state index in [0.717, 1.165) is 17.5 Å². The third-order valence-electron chi connectivity index (χ3n) is 4.06. The Morgan fingerprint density at radius 3 is 2.50 bits per heavy atom. The minimum absolute atomic E-state index is 0.165. The van der Waals surface area contributed by atoms with Crippen molar-refractivity contribution in [3.63, 3.8) is 0 Å². The Balaban J connectivity index is 1.98. The van der Waals surface area contributed by atoms with Crippen molar-refractivity contribution >= 4 is 11.6 Å². The van der Waals surface area contributed by atoms with E-state index in [-0.39, 0.29) is 5.91 Å². The van der Waals surface area contributed by atoms with Crippen molar-refractivity contribution in [1.82, 2.24) is 0 Å². The third kappa shape index (κ3) is 6.52. The molecular formula is C22H29NO3. The van der Waals surface area contributed by atoms with Gasteiger partial charge >= 0.3 is 0 Å². The van der Waals surface area contributed by atoms with Crippen LogP contribution in [0.2, 0.25) is 0 Å². The first-order chi connectivity index (χ1) is 12.5. The van der Waals surface area contributed by atoms with Gasteiger partial charge in [0.25, 0.3) is 5.91 Å². The van der Waals surface area contributed by atoms with Gasteiger partial charge in [0.15, 0.2) is 0 Å². The van der Waals surface area contributed by atoms with Crippen molar-refractivity contribution in [2.75, 3.05) is 11.9 Å². The molecule has 1 atom stereocenters. The summed E-state index contributed by atoms with van der Waals surface area (Å²) in [5, 5.41) is 2.92. The molecule has 0 radical (unpaired) electrons. The maximum Gasteiger partial charge on any atom is 0.253 e. The number of hydrogen-bond donors (Lipinski definition) is 1. The summed E-state index contributed by atoms with van der Waals surface area (Å²) in [4.78, 5) is 12.4. The van der Waals surface area contributed by atoms with Crippen LogP contribution in [0, 0.1) is 12.8 Å². The van der Waals surface area contributed by atoms with Gasteiger partial charge in [-0.05, 0) is 49.4 Å². The van der Waals surface area contributed by atoms with Gasteiger partial charge in [0.1, 0.15) is 18.5 Å². The second-order valence-electron chi connectivity index (χ2n) is 6.96. The highest BCUT2D eigenvalue weighted by Gasteiger charge is 2.16. The summed E-state index contributed by atoms with van der Waals surface area (Å²) in [7, 11) is 0. The SMILES string of the molecule is Cc1ccc(NC(=O)C(C)OCCC(C)C)c(OCc2ccccc2)c1. The number of rotatable bonds is 9. The highest BCUT2D eigenvalue weighted by molar-refractivity contribution is 5.95. The van der Waals surface area contributed by atoms with Crippen molar-refractivity contribution in [3.05, 3.63) is 59.7 Å². The summed E-state index contributed by atoms with van der Waals surface area (Å²) in [6.45, 7) is 9.08. The molecule has 0 aromatic heterocycles. The van der Waals surface area contributed by atoms with Gasteiger partial charge in [0.2, 0.25) is 0 Å². The Hall–Kier alpha value is -2.33. The summed E-state index contributed by atoms with van der Waals surface area (Å²) >= 11 is 0. The Kier molecular flexibility index (Phi) is 7.67. The van der Waals surface area contributed by atoms with Crippen LogP contribution in [0.15, 0.2) is 48.5 Å². The summed E-state index contributed by atoms with van der Waals surface area (Å²) in [6, 6.07) is 15.7. The smallest absolute Gasteiger partial charge is 0.253 e. The first kappa shape index (κ1) is 20.0. The van der Waals surface area contributed by atoms with E-state index in [0.29, 0.717) is 30.6 Å². The number of carbonyl (C=O) groups is 1. The molecule has 0 heterocycles. The fourth-order valence-electron chi connectivity index (χ4n) is 2.38. The number of ether oxygens (including phenoxy) is 2. The summed E-state index contributed by atoms with van der Waals surface area (Å²) in [5.41, 5.74) is 2.82. The van der Waals surface area contributed by atoms with E-state index < -0.39 is 6.10 Å². The molecule has 1 N–H and O–H groups in total. The minimum Gasteiger partial charge on any atom is -0.487 e. The topological polar surface area (TPSA) is 47.6 Å². The summed E-state index contributed by atoms with van der Waals surface area (Å²) in [5.74, 6) is 1.05. The van der Waals surface area contributed by atoms with Crippen LogP contribution in [-0.4, -0.2) is 18.6 Å². The van der Waals surface area contributed by atoms with Gasteiger partial charge in [-0.15, -0.1) is 0 Å².